The second-order valence-electron chi connectivity index (χ2n) is 7.11. The van der Waals surface area contributed by atoms with Crippen molar-refractivity contribution in [3.63, 3.8) is 0 Å². The van der Waals surface area contributed by atoms with E-state index < -0.39 is 41.6 Å². The zero-order valence-corrected chi connectivity index (χ0v) is 18.3. The van der Waals surface area contributed by atoms with Crippen LogP contribution in [0.4, 0.5) is 37.7 Å². The smallest absolute Gasteiger partial charge is 0.321 e. The lowest BCUT2D eigenvalue weighted by atomic mass is 10.0. The maximum atomic E-state index is 13.1. The van der Waals surface area contributed by atoms with Gasteiger partial charge in [0.2, 0.25) is 0 Å². The summed E-state index contributed by atoms with van der Waals surface area (Å²) in [4.78, 5) is 20.1. The third kappa shape index (κ3) is 6.66. The number of halogens is 7. The highest BCUT2D eigenvalue weighted by Crippen LogP contribution is 2.34. The standard InChI is InChI=1S/C23H15ClF6N4O/c24-16-3-1-2-4-18(16)33-19(11-20(31)23(28,29)30)13-5-7-14(8-6-13)21(35)34-17-9-10-32-12-15(17)22(25,26)27/h1-10,12,31H,11H2,(H,32,34,35). The number of benzene rings is 2. The number of nitrogens with one attached hydrogen (secondary N) is 2. The van der Waals surface area contributed by atoms with Crippen molar-refractivity contribution in [2.75, 3.05) is 5.32 Å². The van der Waals surface area contributed by atoms with Crippen LogP contribution >= 0.6 is 11.6 Å². The van der Waals surface area contributed by atoms with E-state index in [1.807, 2.05) is 0 Å². The third-order valence-electron chi connectivity index (χ3n) is 4.65. The molecule has 0 saturated heterocycles. The molecule has 182 valence electrons. The predicted octanol–water partition coefficient (Wildman–Crippen LogP) is 7.10. The van der Waals surface area contributed by atoms with Crippen molar-refractivity contribution in [3.8, 4) is 0 Å². The van der Waals surface area contributed by atoms with Crippen molar-refractivity contribution in [3.05, 3.63) is 88.7 Å². The molecule has 0 bridgehead atoms. The molecule has 0 aliphatic carbocycles. The fourth-order valence-electron chi connectivity index (χ4n) is 2.90. The maximum absolute atomic E-state index is 13.1. The molecular formula is C23H15ClF6N4O. The SMILES string of the molecule is N=C(CC(=Nc1ccccc1Cl)c1ccc(C(=O)Nc2ccncc2C(F)(F)F)cc1)C(F)(F)F. The van der Waals surface area contributed by atoms with Crippen molar-refractivity contribution >= 4 is 40.3 Å². The van der Waals surface area contributed by atoms with Gasteiger partial charge >= 0.3 is 12.4 Å². The Morgan fingerprint density at radius 3 is 2.20 bits per heavy atom. The number of aliphatic imine (C=N–C) groups is 1. The second-order valence-corrected chi connectivity index (χ2v) is 7.52. The molecule has 2 N–H and O–H groups in total. The molecule has 12 heteroatoms. The minimum atomic E-state index is -4.87. The Bertz CT molecular complexity index is 1270. The van der Waals surface area contributed by atoms with E-state index in [2.05, 4.69) is 15.3 Å². The lowest BCUT2D eigenvalue weighted by Gasteiger charge is -2.14. The molecule has 35 heavy (non-hydrogen) atoms. The minimum Gasteiger partial charge on any atom is -0.321 e. The number of pyridine rings is 1. The number of hydrogen-bond donors (Lipinski definition) is 2. The van der Waals surface area contributed by atoms with Crippen LogP contribution in [0.1, 0.15) is 27.9 Å². The number of amides is 1. The molecule has 0 atom stereocenters. The minimum absolute atomic E-state index is 0.0540. The molecule has 1 aromatic heterocycles. The lowest BCUT2D eigenvalue weighted by Crippen LogP contribution is -2.25. The van der Waals surface area contributed by atoms with E-state index in [4.69, 9.17) is 17.0 Å². The number of para-hydroxylation sites is 1. The van der Waals surface area contributed by atoms with Crippen LogP contribution in [0.3, 0.4) is 0 Å². The highest BCUT2D eigenvalue weighted by molar-refractivity contribution is 6.33. The quantitative estimate of drug-likeness (QED) is 0.273. The van der Waals surface area contributed by atoms with Crippen LogP contribution in [0.5, 0.6) is 0 Å². The second kappa shape index (κ2) is 10.3. The van der Waals surface area contributed by atoms with Gasteiger partial charge in [-0.3, -0.25) is 14.8 Å². The topological polar surface area (TPSA) is 78.2 Å². The Morgan fingerprint density at radius 2 is 1.60 bits per heavy atom. The molecule has 2 aromatic carbocycles. The molecule has 0 unspecified atom stereocenters. The Hall–Kier alpha value is -3.73. The molecule has 0 aliphatic rings. The van der Waals surface area contributed by atoms with Crippen LogP contribution < -0.4 is 5.32 Å². The van der Waals surface area contributed by atoms with Crippen LogP contribution in [0, 0.1) is 5.41 Å². The Balaban J connectivity index is 1.91. The lowest BCUT2D eigenvalue weighted by molar-refractivity contribution is -0.137. The van der Waals surface area contributed by atoms with Gasteiger partial charge in [-0.15, -0.1) is 0 Å². The summed E-state index contributed by atoms with van der Waals surface area (Å²) in [6, 6.07) is 12.2. The average Bonchev–Trinajstić information content (AvgIpc) is 2.79. The molecule has 0 fully saturated rings. The van der Waals surface area contributed by atoms with E-state index in [-0.39, 0.29) is 27.5 Å². The van der Waals surface area contributed by atoms with Crippen LogP contribution in [-0.4, -0.2) is 28.5 Å². The summed E-state index contributed by atoms with van der Waals surface area (Å²) >= 11 is 6.05. The largest absolute Gasteiger partial charge is 0.429 e. The summed E-state index contributed by atoms with van der Waals surface area (Å²) in [5.41, 5.74) is -3.02. The Morgan fingerprint density at radius 1 is 0.971 bits per heavy atom. The Kier molecular flexibility index (Phi) is 7.59. The zero-order chi connectivity index (χ0) is 25.8. The van der Waals surface area contributed by atoms with Crippen molar-refractivity contribution in [2.24, 2.45) is 4.99 Å². The summed E-state index contributed by atoms with van der Waals surface area (Å²) in [6.45, 7) is 0. The van der Waals surface area contributed by atoms with Crippen molar-refractivity contribution < 1.29 is 31.1 Å². The van der Waals surface area contributed by atoms with Crippen LogP contribution in [0.25, 0.3) is 0 Å². The van der Waals surface area contributed by atoms with Crippen LogP contribution in [-0.2, 0) is 6.18 Å². The number of nitrogens with zero attached hydrogens (tertiary/aromatic N) is 2. The van der Waals surface area contributed by atoms with E-state index in [0.29, 0.717) is 6.20 Å². The fraction of sp³-hybridized carbons (Fsp3) is 0.130. The van der Waals surface area contributed by atoms with Gasteiger partial charge in [-0.2, -0.15) is 26.3 Å². The number of hydrogen-bond acceptors (Lipinski definition) is 4. The molecular weight excluding hydrogens is 498 g/mol. The first-order chi connectivity index (χ1) is 16.4. The summed E-state index contributed by atoms with van der Waals surface area (Å²) in [7, 11) is 0. The number of rotatable bonds is 6. The van der Waals surface area contributed by atoms with Crippen molar-refractivity contribution in [1.82, 2.24) is 4.98 Å². The molecule has 1 amide bonds. The van der Waals surface area contributed by atoms with Gasteiger partial charge in [0, 0.05) is 24.4 Å². The van der Waals surface area contributed by atoms with Crippen LogP contribution in [0.2, 0.25) is 5.02 Å². The molecule has 5 nitrogen and oxygen atoms in total. The number of carbonyl (C=O) groups is 1. The highest BCUT2D eigenvalue weighted by Gasteiger charge is 2.35. The van der Waals surface area contributed by atoms with Gasteiger partial charge in [0.25, 0.3) is 5.91 Å². The van der Waals surface area contributed by atoms with E-state index in [1.54, 1.807) is 12.1 Å². The van der Waals surface area contributed by atoms with Gasteiger partial charge in [-0.25, -0.2) is 0 Å². The van der Waals surface area contributed by atoms with E-state index in [1.165, 1.54) is 36.4 Å². The molecule has 0 spiro atoms. The molecule has 3 aromatic rings. The summed E-state index contributed by atoms with van der Waals surface area (Å²) in [6.07, 6.45) is -8.82. The number of anilines is 1. The number of carbonyl (C=O) groups excluding carboxylic acids is 1. The zero-order valence-electron chi connectivity index (χ0n) is 17.5. The number of alkyl halides is 6. The van der Waals surface area contributed by atoms with E-state index in [9.17, 15) is 31.1 Å². The molecule has 3 rings (SSSR count). The average molecular weight is 513 g/mol. The maximum Gasteiger partial charge on any atom is 0.429 e. The van der Waals surface area contributed by atoms with E-state index >= 15 is 0 Å². The molecule has 0 radical (unpaired) electrons. The van der Waals surface area contributed by atoms with Gasteiger partial charge < -0.3 is 10.7 Å². The molecule has 1 heterocycles. The molecule has 0 saturated carbocycles. The Labute approximate surface area is 200 Å². The van der Waals surface area contributed by atoms with Crippen LogP contribution in [0.15, 0.2) is 72.0 Å². The van der Waals surface area contributed by atoms with Gasteiger partial charge in [-0.05, 0) is 35.9 Å². The summed E-state index contributed by atoms with van der Waals surface area (Å²) in [5, 5.41) is 9.68. The monoisotopic (exact) mass is 512 g/mol. The summed E-state index contributed by atoms with van der Waals surface area (Å²) in [5.74, 6) is -0.874. The first-order valence-electron chi connectivity index (χ1n) is 9.76. The highest BCUT2D eigenvalue weighted by atomic mass is 35.5. The third-order valence-corrected chi connectivity index (χ3v) is 4.97. The fourth-order valence-corrected chi connectivity index (χ4v) is 3.08. The van der Waals surface area contributed by atoms with Crippen molar-refractivity contribution in [1.29, 1.82) is 5.41 Å². The van der Waals surface area contributed by atoms with Gasteiger partial charge in [-0.1, -0.05) is 35.9 Å². The van der Waals surface area contributed by atoms with Gasteiger partial charge in [0.1, 0.15) is 5.71 Å². The van der Waals surface area contributed by atoms with Gasteiger partial charge in [0.05, 0.1) is 27.7 Å². The van der Waals surface area contributed by atoms with E-state index in [0.717, 1.165) is 12.3 Å². The number of aromatic nitrogens is 1. The van der Waals surface area contributed by atoms with Crippen molar-refractivity contribution in [2.45, 2.75) is 18.8 Å². The summed E-state index contributed by atoms with van der Waals surface area (Å²) < 4.78 is 78.4. The predicted molar refractivity (Wildman–Crippen MR) is 120 cm³/mol. The normalized spacial score (nSPS) is 12.4. The first kappa shape index (κ1) is 25.9. The molecule has 0 aliphatic heterocycles. The van der Waals surface area contributed by atoms with Gasteiger partial charge in [0.15, 0.2) is 0 Å². The first-order valence-corrected chi connectivity index (χ1v) is 10.1.